The highest BCUT2D eigenvalue weighted by molar-refractivity contribution is 9.10. The number of anilines is 2. The molecule has 3 aromatic rings. The third-order valence-electron chi connectivity index (χ3n) is 3.91. The monoisotopic (exact) mass is 464 g/mol. The van der Waals surface area contributed by atoms with Crippen LogP contribution in [0.25, 0.3) is 0 Å². The molecule has 0 atom stereocenters. The van der Waals surface area contributed by atoms with Crippen LogP contribution in [0.2, 0.25) is 0 Å². The zero-order chi connectivity index (χ0) is 21.3. The molecule has 0 spiro atoms. The van der Waals surface area contributed by atoms with Crippen molar-refractivity contribution < 1.29 is 14.4 Å². The molecule has 3 aromatic carbocycles. The lowest BCUT2D eigenvalue weighted by molar-refractivity contribution is -0.136. The van der Waals surface area contributed by atoms with E-state index in [1.165, 1.54) is 12.3 Å². The van der Waals surface area contributed by atoms with Gasteiger partial charge in [-0.05, 0) is 42.0 Å². The number of benzene rings is 3. The molecule has 0 aliphatic rings. The summed E-state index contributed by atoms with van der Waals surface area (Å²) in [6.07, 6.45) is 1.42. The molecule has 8 heteroatoms. The summed E-state index contributed by atoms with van der Waals surface area (Å²) in [7, 11) is 0. The van der Waals surface area contributed by atoms with Gasteiger partial charge in [-0.25, -0.2) is 5.43 Å². The van der Waals surface area contributed by atoms with Gasteiger partial charge in [-0.1, -0.05) is 58.4 Å². The van der Waals surface area contributed by atoms with Gasteiger partial charge in [-0.2, -0.15) is 5.10 Å². The molecule has 3 N–H and O–H groups in total. The SMILES string of the molecule is O=C(N/N=C/c1ccccc1)C(=O)Nc1ccccc1C(=O)Nc1ccc(Br)cc1. The number of hydrazone groups is 1. The molecule has 0 aromatic heterocycles. The van der Waals surface area contributed by atoms with Crippen molar-refractivity contribution in [2.24, 2.45) is 5.10 Å². The number of halogens is 1. The summed E-state index contributed by atoms with van der Waals surface area (Å²) in [5, 5.41) is 8.94. The molecule has 3 amide bonds. The van der Waals surface area contributed by atoms with Gasteiger partial charge in [0.05, 0.1) is 17.5 Å². The number of nitrogens with zero attached hydrogens (tertiary/aromatic N) is 1. The second-order valence-electron chi connectivity index (χ2n) is 6.07. The van der Waals surface area contributed by atoms with Gasteiger partial charge in [0.2, 0.25) is 0 Å². The number of amides is 3. The van der Waals surface area contributed by atoms with Crippen LogP contribution >= 0.6 is 15.9 Å². The van der Waals surface area contributed by atoms with Crippen molar-refractivity contribution >= 4 is 51.2 Å². The van der Waals surface area contributed by atoms with Crippen LogP contribution in [-0.2, 0) is 9.59 Å². The molecule has 150 valence electrons. The van der Waals surface area contributed by atoms with Gasteiger partial charge in [-0.3, -0.25) is 14.4 Å². The highest BCUT2D eigenvalue weighted by atomic mass is 79.9. The van der Waals surface area contributed by atoms with Crippen LogP contribution in [0.1, 0.15) is 15.9 Å². The third-order valence-corrected chi connectivity index (χ3v) is 4.44. The fourth-order valence-electron chi connectivity index (χ4n) is 2.46. The second kappa shape index (κ2) is 10.1. The summed E-state index contributed by atoms with van der Waals surface area (Å²) in [4.78, 5) is 36.8. The predicted molar refractivity (Wildman–Crippen MR) is 119 cm³/mol. The van der Waals surface area contributed by atoms with E-state index in [0.29, 0.717) is 5.69 Å². The average Bonchev–Trinajstić information content (AvgIpc) is 2.76. The first-order chi connectivity index (χ1) is 14.5. The first-order valence-electron chi connectivity index (χ1n) is 8.88. The Bertz CT molecular complexity index is 1080. The lowest BCUT2D eigenvalue weighted by atomic mass is 10.1. The van der Waals surface area contributed by atoms with E-state index >= 15 is 0 Å². The van der Waals surface area contributed by atoms with Crippen molar-refractivity contribution in [2.75, 3.05) is 10.6 Å². The summed E-state index contributed by atoms with van der Waals surface area (Å²) in [6, 6.07) is 22.6. The van der Waals surface area contributed by atoms with Crippen molar-refractivity contribution in [2.45, 2.75) is 0 Å². The predicted octanol–water partition coefficient (Wildman–Crippen LogP) is 3.79. The number of nitrogens with one attached hydrogen (secondary N) is 3. The van der Waals surface area contributed by atoms with E-state index in [1.54, 1.807) is 54.6 Å². The van der Waals surface area contributed by atoms with Crippen molar-refractivity contribution in [3.05, 3.63) is 94.5 Å². The Kier molecular flexibility index (Phi) is 7.07. The largest absolute Gasteiger partial charge is 0.329 e. The normalized spacial score (nSPS) is 10.4. The number of carbonyl (C=O) groups excluding carboxylic acids is 3. The van der Waals surface area contributed by atoms with Crippen molar-refractivity contribution in [1.82, 2.24) is 5.43 Å². The topological polar surface area (TPSA) is 99.7 Å². The van der Waals surface area contributed by atoms with E-state index in [9.17, 15) is 14.4 Å². The van der Waals surface area contributed by atoms with Gasteiger partial charge < -0.3 is 10.6 Å². The minimum Gasteiger partial charge on any atom is -0.322 e. The zero-order valence-electron chi connectivity index (χ0n) is 15.6. The molecule has 0 aliphatic carbocycles. The maximum absolute atomic E-state index is 12.6. The van der Waals surface area contributed by atoms with Crippen molar-refractivity contribution in [1.29, 1.82) is 0 Å². The highest BCUT2D eigenvalue weighted by Crippen LogP contribution is 2.19. The van der Waals surface area contributed by atoms with Gasteiger partial charge in [0.15, 0.2) is 0 Å². The van der Waals surface area contributed by atoms with Crippen LogP contribution in [0.3, 0.4) is 0 Å². The standard InChI is InChI=1S/C22H17BrN4O3/c23-16-10-12-17(13-11-16)25-20(28)18-8-4-5-9-19(18)26-21(29)22(30)27-24-14-15-6-2-1-3-7-15/h1-14H,(H,25,28)(H,26,29)(H,27,30)/b24-14+. The van der Waals surface area contributed by atoms with E-state index in [0.717, 1.165) is 10.0 Å². The zero-order valence-corrected chi connectivity index (χ0v) is 17.2. The minimum absolute atomic E-state index is 0.208. The molecule has 3 rings (SSSR count). The second-order valence-corrected chi connectivity index (χ2v) is 6.99. The Labute approximate surface area is 181 Å². The molecule has 0 saturated carbocycles. The first-order valence-corrected chi connectivity index (χ1v) is 9.67. The summed E-state index contributed by atoms with van der Waals surface area (Å²) in [5.74, 6) is -2.31. The lowest BCUT2D eigenvalue weighted by Gasteiger charge is -2.11. The minimum atomic E-state index is -0.953. The molecule has 0 fully saturated rings. The average molecular weight is 465 g/mol. The molecule has 0 aliphatic heterocycles. The fraction of sp³-hybridized carbons (Fsp3) is 0. The van der Waals surface area contributed by atoms with Gasteiger partial charge in [-0.15, -0.1) is 0 Å². The molecular formula is C22H17BrN4O3. The number of rotatable bonds is 5. The van der Waals surface area contributed by atoms with Gasteiger partial charge in [0.1, 0.15) is 0 Å². The smallest absolute Gasteiger partial charge is 0.322 e. The molecule has 0 radical (unpaired) electrons. The first kappa shape index (κ1) is 20.9. The Morgan fingerprint density at radius 1 is 0.767 bits per heavy atom. The van der Waals surface area contributed by atoms with E-state index in [4.69, 9.17) is 0 Å². The molecule has 0 saturated heterocycles. The van der Waals surface area contributed by atoms with Crippen molar-refractivity contribution in [3.63, 3.8) is 0 Å². The quantitative estimate of drug-likeness (QED) is 0.304. The summed E-state index contributed by atoms with van der Waals surface area (Å²) in [5.41, 5.74) is 3.95. The van der Waals surface area contributed by atoms with Crippen LogP contribution < -0.4 is 16.1 Å². The molecule has 0 heterocycles. The van der Waals surface area contributed by atoms with Crippen LogP contribution in [-0.4, -0.2) is 23.9 Å². The van der Waals surface area contributed by atoms with E-state index < -0.39 is 17.7 Å². The number of hydrogen-bond acceptors (Lipinski definition) is 4. The Hall–Kier alpha value is -3.78. The third kappa shape index (κ3) is 5.86. The Balaban J connectivity index is 1.64. The summed E-state index contributed by atoms with van der Waals surface area (Å²) in [6.45, 7) is 0. The van der Waals surface area contributed by atoms with Gasteiger partial charge in [0.25, 0.3) is 5.91 Å². The molecular weight excluding hydrogens is 448 g/mol. The van der Waals surface area contributed by atoms with Gasteiger partial charge in [0, 0.05) is 10.2 Å². The van der Waals surface area contributed by atoms with E-state index in [1.807, 2.05) is 18.2 Å². The van der Waals surface area contributed by atoms with Crippen LogP contribution in [0.15, 0.2) is 88.4 Å². The Morgan fingerprint density at radius 3 is 2.17 bits per heavy atom. The molecule has 0 unspecified atom stereocenters. The Morgan fingerprint density at radius 2 is 1.43 bits per heavy atom. The van der Waals surface area contributed by atoms with E-state index in [2.05, 4.69) is 37.1 Å². The van der Waals surface area contributed by atoms with Crippen LogP contribution in [0.5, 0.6) is 0 Å². The maximum Gasteiger partial charge on any atom is 0.329 e. The number of hydrogen-bond donors (Lipinski definition) is 3. The summed E-state index contributed by atoms with van der Waals surface area (Å²) < 4.78 is 0.883. The highest BCUT2D eigenvalue weighted by Gasteiger charge is 2.17. The lowest BCUT2D eigenvalue weighted by Crippen LogP contribution is -2.33. The molecule has 7 nitrogen and oxygen atoms in total. The number of carbonyl (C=O) groups is 3. The molecule has 0 bridgehead atoms. The van der Waals surface area contributed by atoms with Gasteiger partial charge >= 0.3 is 11.8 Å². The fourth-order valence-corrected chi connectivity index (χ4v) is 2.72. The van der Waals surface area contributed by atoms with Crippen LogP contribution in [0.4, 0.5) is 11.4 Å². The summed E-state index contributed by atoms with van der Waals surface area (Å²) >= 11 is 3.33. The number of para-hydroxylation sites is 1. The van der Waals surface area contributed by atoms with Crippen LogP contribution in [0, 0.1) is 0 Å². The molecule has 30 heavy (non-hydrogen) atoms. The maximum atomic E-state index is 12.6. The van der Waals surface area contributed by atoms with Crippen molar-refractivity contribution in [3.8, 4) is 0 Å². The van der Waals surface area contributed by atoms with E-state index in [-0.39, 0.29) is 11.3 Å².